The Hall–Kier alpha value is -0.0800. The molecule has 2 heteroatoms. The molecule has 0 aliphatic rings. The minimum atomic E-state index is 1.17. The van der Waals surface area contributed by atoms with E-state index in [9.17, 15) is 0 Å². The van der Waals surface area contributed by atoms with Gasteiger partial charge in [0, 0.05) is 13.1 Å². The van der Waals surface area contributed by atoms with Crippen LogP contribution in [0.1, 0.15) is 51.9 Å². The van der Waals surface area contributed by atoms with Crippen LogP contribution in [0, 0.1) is 0 Å². The second kappa shape index (κ2) is 11.4. The summed E-state index contributed by atoms with van der Waals surface area (Å²) in [6.45, 7) is 5.91. The summed E-state index contributed by atoms with van der Waals surface area (Å²) in [5.74, 6) is 0. The van der Waals surface area contributed by atoms with E-state index in [2.05, 4.69) is 37.9 Å². The maximum atomic E-state index is 2.45. The fraction of sp³-hybridized carbons (Fsp3) is 1.00. The third-order valence-corrected chi connectivity index (χ3v) is 3.07. The van der Waals surface area contributed by atoms with Gasteiger partial charge < -0.3 is 9.80 Å². The van der Waals surface area contributed by atoms with Gasteiger partial charge in [-0.15, -0.1) is 0 Å². The van der Waals surface area contributed by atoms with Gasteiger partial charge in [0.2, 0.25) is 0 Å². The molecule has 0 fully saturated rings. The standard InChI is InChI=1S/C14H32N2/c1-5-6-7-8-9-10-11-12-16(4)14-13-15(2)3/h5-14H2,1-4H3. The normalized spacial score (nSPS) is 11.6. The smallest absolute Gasteiger partial charge is 0.0106 e. The number of unbranched alkanes of at least 4 members (excludes halogenated alkanes) is 6. The Kier molecular flexibility index (Phi) is 11.3. The molecular weight excluding hydrogens is 196 g/mol. The average molecular weight is 228 g/mol. The predicted molar refractivity (Wildman–Crippen MR) is 74.0 cm³/mol. The Morgan fingerprint density at radius 1 is 0.625 bits per heavy atom. The molecule has 0 rings (SSSR count). The lowest BCUT2D eigenvalue weighted by Crippen LogP contribution is -2.29. The van der Waals surface area contributed by atoms with Crippen molar-refractivity contribution in [2.75, 3.05) is 40.8 Å². The van der Waals surface area contributed by atoms with Crippen molar-refractivity contribution < 1.29 is 0 Å². The van der Waals surface area contributed by atoms with Crippen molar-refractivity contribution >= 4 is 0 Å². The fourth-order valence-electron chi connectivity index (χ4n) is 1.82. The molecular formula is C14H32N2. The first-order valence-corrected chi connectivity index (χ1v) is 7.00. The monoisotopic (exact) mass is 228 g/mol. The Bertz CT molecular complexity index is 135. The van der Waals surface area contributed by atoms with Crippen molar-refractivity contribution in [3.63, 3.8) is 0 Å². The van der Waals surface area contributed by atoms with E-state index in [0.29, 0.717) is 0 Å². The van der Waals surface area contributed by atoms with Crippen LogP contribution in [0.25, 0.3) is 0 Å². The molecule has 0 spiro atoms. The molecule has 0 unspecified atom stereocenters. The van der Waals surface area contributed by atoms with Gasteiger partial charge in [-0.1, -0.05) is 45.4 Å². The molecule has 98 valence electrons. The largest absolute Gasteiger partial charge is 0.308 e. The van der Waals surface area contributed by atoms with Crippen molar-refractivity contribution in [2.24, 2.45) is 0 Å². The summed E-state index contributed by atoms with van der Waals surface area (Å²) in [5.41, 5.74) is 0. The second-order valence-electron chi connectivity index (χ2n) is 5.23. The van der Waals surface area contributed by atoms with E-state index in [-0.39, 0.29) is 0 Å². The van der Waals surface area contributed by atoms with E-state index in [1.807, 2.05) is 0 Å². The molecule has 0 saturated heterocycles. The Morgan fingerprint density at radius 3 is 1.75 bits per heavy atom. The summed E-state index contributed by atoms with van der Waals surface area (Å²) in [5, 5.41) is 0. The van der Waals surface area contributed by atoms with Crippen LogP contribution in [0.2, 0.25) is 0 Å². The number of hydrogen-bond acceptors (Lipinski definition) is 2. The van der Waals surface area contributed by atoms with Crippen LogP contribution >= 0.6 is 0 Å². The molecule has 0 atom stereocenters. The molecule has 16 heavy (non-hydrogen) atoms. The first-order valence-electron chi connectivity index (χ1n) is 7.00. The molecule has 0 N–H and O–H groups in total. The van der Waals surface area contributed by atoms with Crippen LogP contribution in [0.15, 0.2) is 0 Å². The number of nitrogens with zero attached hydrogens (tertiary/aromatic N) is 2. The average Bonchev–Trinajstić information content (AvgIpc) is 2.25. The summed E-state index contributed by atoms with van der Waals surface area (Å²) in [7, 11) is 6.52. The Balaban J connectivity index is 3.12. The van der Waals surface area contributed by atoms with E-state index in [4.69, 9.17) is 0 Å². The van der Waals surface area contributed by atoms with Gasteiger partial charge >= 0.3 is 0 Å². The lowest BCUT2D eigenvalue weighted by molar-refractivity contribution is 0.277. The van der Waals surface area contributed by atoms with E-state index in [1.54, 1.807) is 0 Å². The van der Waals surface area contributed by atoms with Crippen molar-refractivity contribution in [1.29, 1.82) is 0 Å². The maximum absolute atomic E-state index is 2.45. The van der Waals surface area contributed by atoms with E-state index < -0.39 is 0 Å². The highest BCUT2D eigenvalue weighted by Crippen LogP contribution is 2.07. The number of likely N-dealkylation sites (N-methyl/N-ethyl adjacent to an activating group) is 2. The molecule has 0 aliphatic heterocycles. The molecule has 0 amide bonds. The minimum Gasteiger partial charge on any atom is -0.308 e. The topological polar surface area (TPSA) is 6.48 Å². The lowest BCUT2D eigenvalue weighted by Gasteiger charge is -2.19. The molecule has 0 aliphatic carbocycles. The van der Waals surface area contributed by atoms with Gasteiger partial charge in [0.05, 0.1) is 0 Å². The zero-order valence-corrected chi connectivity index (χ0v) is 12.0. The molecule has 0 aromatic rings. The molecule has 0 aromatic carbocycles. The van der Waals surface area contributed by atoms with Crippen molar-refractivity contribution in [3.8, 4) is 0 Å². The highest BCUT2D eigenvalue weighted by molar-refractivity contribution is 4.55. The molecule has 0 aromatic heterocycles. The van der Waals surface area contributed by atoms with Crippen LogP contribution < -0.4 is 0 Å². The SMILES string of the molecule is CCCCCCCCCN(C)CCN(C)C. The quantitative estimate of drug-likeness (QED) is 0.501. The molecule has 0 heterocycles. The summed E-state index contributed by atoms with van der Waals surface area (Å²) in [6, 6.07) is 0. The number of hydrogen-bond donors (Lipinski definition) is 0. The third kappa shape index (κ3) is 12.0. The first kappa shape index (κ1) is 15.9. The van der Waals surface area contributed by atoms with Gasteiger partial charge in [0.15, 0.2) is 0 Å². The molecule has 2 nitrogen and oxygen atoms in total. The zero-order valence-electron chi connectivity index (χ0n) is 12.0. The van der Waals surface area contributed by atoms with Crippen molar-refractivity contribution in [1.82, 2.24) is 9.80 Å². The van der Waals surface area contributed by atoms with Gasteiger partial charge in [-0.25, -0.2) is 0 Å². The first-order chi connectivity index (χ1) is 7.66. The lowest BCUT2D eigenvalue weighted by atomic mass is 10.1. The minimum absolute atomic E-state index is 1.17. The summed E-state index contributed by atoms with van der Waals surface area (Å²) in [6.07, 6.45) is 9.87. The van der Waals surface area contributed by atoms with E-state index in [0.717, 1.165) is 0 Å². The van der Waals surface area contributed by atoms with Crippen LogP contribution in [0.5, 0.6) is 0 Å². The Labute approximate surface area is 103 Å². The fourth-order valence-corrected chi connectivity index (χ4v) is 1.82. The highest BCUT2D eigenvalue weighted by atomic mass is 15.1. The van der Waals surface area contributed by atoms with Crippen molar-refractivity contribution in [3.05, 3.63) is 0 Å². The summed E-state index contributed by atoms with van der Waals surface area (Å²) in [4.78, 5) is 4.70. The highest BCUT2D eigenvalue weighted by Gasteiger charge is 1.98. The van der Waals surface area contributed by atoms with Crippen LogP contribution in [-0.4, -0.2) is 50.6 Å². The van der Waals surface area contributed by atoms with Gasteiger partial charge in [-0.3, -0.25) is 0 Å². The second-order valence-corrected chi connectivity index (χ2v) is 5.23. The summed E-state index contributed by atoms with van der Waals surface area (Å²) < 4.78 is 0. The third-order valence-electron chi connectivity index (χ3n) is 3.07. The van der Waals surface area contributed by atoms with Gasteiger partial charge in [-0.05, 0) is 34.1 Å². The van der Waals surface area contributed by atoms with Crippen molar-refractivity contribution in [2.45, 2.75) is 51.9 Å². The van der Waals surface area contributed by atoms with Gasteiger partial charge in [0.1, 0.15) is 0 Å². The van der Waals surface area contributed by atoms with Crippen LogP contribution in [0.3, 0.4) is 0 Å². The van der Waals surface area contributed by atoms with E-state index >= 15 is 0 Å². The predicted octanol–water partition coefficient (Wildman–Crippen LogP) is 3.23. The molecule has 0 radical (unpaired) electrons. The van der Waals surface area contributed by atoms with Gasteiger partial charge in [-0.2, -0.15) is 0 Å². The van der Waals surface area contributed by atoms with Gasteiger partial charge in [0.25, 0.3) is 0 Å². The summed E-state index contributed by atoms with van der Waals surface area (Å²) >= 11 is 0. The Morgan fingerprint density at radius 2 is 1.19 bits per heavy atom. The molecule has 0 bridgehead atoms. The molecule has 0 saturated carbocycles. The zero-order chi connectivity index (χ0) is 12.2. The number of rotatable bonds is 11. The van der Waals surface area contributed by atoms with Crippen LogP contribution in [-0.2, 0) is 0 Å². The van der Waals surface area contributed by atoms with E-state index in [1.165, 1.54) is 64.6 Å². The van der Waals surface area contributed by atoms with Crippen LogP contribution in [0.4, 0.5) is 0 Å². The maximum Gasteiger partial charge on any atom is 0.0106 e.